The Balaban J connectivity index is 2.46. The van der Waals surface area contributed by atoms with Crippen LogP contribution < -0.4 is 5.32 Å². The standard InChI is InChI=1S/C13H24N2O4/c1-3-13(12(17)18)6-4-8-15(13)10-11(16)14-7-5-9-19-2/h3-10H2,1-2H3,(H,14,16)(H,17,18). The smallest absolute Gasteiger partial charge is 0.324 e. The minimum Gasteiger partial charge on any atom is -0.480 e. The fourth-order valence-corrected chi connectivity index (χ4v) is 2.63. The van der Waals surface area contributed by atoms with Crippen molar-refractivity contribution in [3.8, 4) is 0 Å². The third kappa shape index (κ3) is 3.91. The SMILES string of the molecule is CCC1(C(=O)O)CCCN1CC(=O)NCCCOC. The largest absolute Gasteiger partial charge is 0.480 e. The van der Waals surface area contributed by atoms with Crippen LogP contribution in [0.25, 0.3) is 0 Å². The van der Waals surface area contributed by atoms with Crippen LogP contribution in [-0.2, 0) is 14.3 Å². The summed E-state index contributed by atoms with van der Waals surface area (Å²) in [5.74, 6) is -0.934. The number of aliphatic carboxylic acids is 1. The van der Waals surface area contributed by atoms with Gasteiger partial charge in [0.1, 0.15) is 5.54 Å². The third-order valence-electron chi connectivity index (χ3n) is 3.79. The monoisotopic (exact) mass is 272 g/mol. The van der Waals surface area contributed by atoms with Crippen LogP contribution in [0, 0.1) is 0 Å². The van der Waals surface area contributed by atoms with Crippen LogP contribution >= 0.6 is 0 Å². The summed E-state index contributed by atoms with van der Waals surface area (Å²) in [5.41, 5.74) is -0.857. The van der Waals surface area contributed by atoms with E-state index in [0.717, 1.165) is 12.8 Å². The molecule has 0 bridgehead atoms. The predicted octanol–water partition coefficient (Wildman–Crippen LogP) is 0.468. The van der Waals surface area contributed by atoms with E-state index in [-0.39, 0.29) is 12.5 Å². The number of hydrogen-bond donors (Lipinski definition) is 2. The molecule has 0 spiro atoms. The average molecular weight is 272 g/mol. The number of nitrogens with zero attached hydrogens (tertiary/aromatic N) is 1. The molecule has 0 radical (unpaired) electrons. The van der Waals surface area contributed by atoms with Crippen LogP contribution in [0.15, 0.2) is 0 Å². The Bertz CT molecular complexity index is 322. The highest BCUT2D eigenvalue weighted by Crippen LogP contribution is 2.32. The number of carboxylic acids is 1. The van der Waals surface area contributed by atoms with E-state index in [9.17, 15) is 14.7 Å². The third-order valence-corrected chi connectivity index (χ3v) is 3.79. The van der Waals surface area contributed by atoms with Crippen molar-refractivity contribution in [3.05, 3.63) is 0 Å². The fourth-order valence-electron chi connectivity index (χ4n) is 2.63. The highest BCUT2D eigenvalue weighted by Gasteiger charge is 2.46. The van der Waals surface area contributed by atoms with Crippen molar-refractivity contribution < 1.29 is 19.4 Å². The number of carbonyl (C=O) groups excluding carboxylic acids is 1. The molecule has 1 amide bonds. The van der Waals surface area contributed by atoms with Gasteiger partial charge in [-0.2, -0.15) is 0 Å². The summed E-state index contributed by atoms with van der Waals surface area (Å²) >= 11 is 0. The van der Waals surface area contributed by atoms with Gasteiger partial charge in [-0.1, -0.05) is 6.92 Å². The molecule has 0 aromatic heterocycles. The topological polar surface area (TPSA) is 78.9 Å². The van der Waals surface area contributed by atoms with Crippen LogP contribution in [0.1, 0.15) is 32.6 Å². The van der Waals surface area contributed by atoms with Crippen LogP contribution in [0.5, 0.6) is 0 Å². The summed E-state index contributed by atoms with van der Waals surface area (Å²) in [6.45, 7) is 3.87. The van der Waals surface area contributed by atoms with E-state index in [2.05, 4.69) is 5.32 Å². The lowest BCUT2D eigenvalue weighted by Crippen LogP contribution is -2.53. The van der Waals surface area contributed by atoms with Crippen molar-refractivity contribution in [2.75, 3.05) is 33.4 Å². The lowest BCUT2D eigenvalue weighted by atomic mass is 9.93. The molecule has 0 aromatic carbocycles. The predicted molar refractivity (Wildman–Crippen MR) is 71.0 cm³/mol. The number of ether oxygens (including phenoxy) is 1. The van der Waals surface area contributed by atoms with Crippen molar-refractivity contribution in [3.63, 3.8) is 0 Å². The molecular weight excluding hydrogens is 248 g/mol. The first-order chi connectivity index (χ1) is 9.06. The Morgan fingerprint density at radius 3 is 2.79 bits per heavy atom. The van der Waals surface area contributed by atoms with Crippen LogP contribution in [-0.4, -0.2) is 60.8 Å². The maximum Gasteiger partial charge on any atom is 0.324 e. The normalized spacial score (nSPS) is 23.5. The number of likely N-dealkylation sites (tertiary alicyclic amines) is 1. The number of hydrogen-bond acceptors (Lipinski definition) is 4. The minimum atomic E-state index is -0.857. The number of methoxy groups -OCH3 is 1. The first-order valence-corrected chi connectivity index (χ1v) is 6.81. The molecule has 19 heavy (non-hydrogen) atoms. The van der Waals surface area contributed by atoms with E-state index in [1.165, 1.54) is 0 Å². The zero-order valence-electron chi connectivity index (χ0n) is 11.8. The van der Waals surface area contributed by atoms with Gasteiger partial charge in [-0.05, 0) is 32.2 Å². The van der Waals surface area contributed by atoms with Crippen molar-refractivity contribution in [1.29, 1.82) is 0 Å². The molecule has 2 N–H and O–H groups in total. The van der Waals surface area contributed by atoms with E-state index in [1.54, 1.807) is 12.0 Å². The molecule has 0 saturated carbocycles. The summed E-state index contributed by atoms with van der Waals surface area (Å²) in [5, 5.41) is 12.2. The van der Waals surface area contributed by atoms with Crippen LogP contribution in [0.2, 0.25) is 0 Å². The maximum atomic E-state index is 11.8. The van der Waals surface area contributed by atoms with Gasteiger partial charge in [-0.15, -0.1) is 0 Å². The lowest BCUT2D eigenvalue weighted by Gasteiger charge is -2.33. The Morgan fingerprint density at radius 2 is 2.21 bits per heavy atom. The van der Waals surface area contributed by atoms with Gasteiger partial charge < -0.3 is 15.2 Å². The summed E-state index contributed by atoms with van der Waals surface area (Å²) < 4.78 is 4.90. The molecule has 1 saturated heterocycles. The molecule has 110 valence electrons. The second-order valence-electron chi connectivity index (χ2n) is 4.91. The number of amides is 1. The Labute approximate surface area is 114 Å². The highest BCUT2D eigenvalue weighted by atomic mass is 16.5. The van der Waals surface area contributed by atoms with E-state index < -0.39 is 11.5 Å². The molecule has 0 aliphatic carbocycles. The van der Waals surface area contributed by atoms with Gasteiger partial charge in [-0.25, -0.2) is 0 Å². The molecule has 1 unspecified atom stereocenters. The first-order valence-electron chi connectivity index (χ1n) is 6.81. The molecule has 6 heteroatoms. The van der Waals surface area contributed by atoms with Crippen molar-refractivity contribution in [2.24, 2.45) is 0 Å². The fraction of sp³-hybridized carbons (Fsp3) is 0.846. The molecular formula is C13H24N2O4. The molecule has 1 heterocycles. The minimum absolute atomic E-state index is 0.114. The van der Waals surface area contributed by atoms with Gasteiger partial charge in [0, 0.05) is 20.3 Å². The van der Waals surface area contributed by atoms with E-state index in [1.807, 2.05) is 6.92 Å². The van der Waals surface area contributed by atoms with Crippen LogP contribution in [0.3, 0.4) is 0 Å². The van der Waals surface area contributed by atoms with Crippen molar-refractivity contribution in [1.82, 2.24) is 10.2 Å². The van der Waals surface area contributed by atoms with Crippen molar-refractivity contribution >= 4 is 11.9 Å². The van der Waals surface area contributed by atoms with E-state index >= 15 is 0 Å². The molecule has 6 nitrogen and oxygen atoms in total. The Morgan fingerprint density at radius 1 is 1.47 bits per heavy atom. The molecule has 0 aromatic rings. The zero-order valence-corrected chi connectivity index (χ0v) is 11.8. The second kappa shape index (κ2) is 7.45. The highest BCUT2D eigenvalue weighted by molar-refractivity contribution is 5.82. The quantitative estimate of drug-likeness (QED) is 0.628. The van der Waals surface area contributed by atoms with Gasteiger partial charge in [0.05, 0.1) is 6.54 Å². The van der Waals surface area contributed by atoms with E-state index in [0.29, 0.717) is 32.5 Å². The summed E-state index contributed by atoms with van der Waals surface area (Å²) in [7, 11) is 1.62. The number of carboxylic acid groups (broad SMARTS) is 1. The van der Waals surface area contributed by atoms with E-state index in [4.69, 9.17) is 4.74 Å². The first kappa shape index (κ1) is 15.9. The van der Waals surface area contributed by atoms with Gasteiger partial charge in [-0.3, -0.25) is 14.5 Å². The molecule has 1 aliphatic heterocycles. The van der Waals surface area contributed by atoms with Gasteiger partial charge in [0.2, 0.25) is 5.91 Å². The van der Waals surface area contributed by atoms with Gasteiger partial charge >= 0.3 is 5.97 Å². The summed E-state index contributed by atoms with van der Waals surface area (Å²) in [6.07, 6.45) is 2.74. The maximum absolute atomic E-state index is 11.8. The number of rotatable bonds is 8. The summed E-state index contributed by atoms with van der Waals surface area (Å²) in [4.78, 5) is 25.1. The lowest BCUT2D eigenvalue weighted by molar-refractivity contribution is -0.150. The van der Waals surface area contributed by atoms with Gasteiger partial charge in [0.25, 0.3) is 0 Å². The Kier molecular flexibility index (Phi) is 6.24. The van der Waals surface area contributed by atoms with Crippen LogP contribution in [0.4, 0.5) is 0 Å². The summed E-state index contributed by atoms with van der Waals surface area (Å²) in [6, 6.07) is 0. The Hall–Kier alpha value is -1.14. The van der Waals surface area contributed by atoms with Crippen molar-refractivity contribution in [2.45, 2.75) is 38.1 Å². The molecule has 1 fully saturated rings. The molecule has 1 atom stereocenters. The van der Waals surface area contributed by atoms with Gasteiger partial charge in [0.15, 0.2) is 0 Å². The molecule has 1 rings (SSSR count). The molecule has 1 aliphatic rings. The second-order valence-corrected chi connectivity index (χ2v) is 4.91. The zero-order chi connectivity index (χ0) is 14.3. The number of carbonyl (C=O) groups is 2. The average Bonchev–Trinajstić information content (AvgIpc) is 2.78. The number of nitrogens with one attached hydrogen (secondary N) is 1.